The number of esters is 1. The molecule has 0 saturated carbocycles. The molecule has 1 aliphatic rings. The zero-order valence-electron chi connectivity index (χ0n) is 17.4. The van der Waals surface area contributed by atoms with Crippen molar-refractivity contribution in [2.24, 2.45) is 0 Å². The van der Waals surface area contributed by atoms with Crippen LogP contribution in [0.25, 0.3) is 0 Å². The summed E-state index contributed by atoms with van der Waals surface area (Å²) in [5.74, 6) is -0.243. The molecule has 0 aliphatic carbocycles. The molecule has 0 radical (unpaired) electrons. The van der Waals surface area contributed by atoms with E-state index in [1.807, 2.05) is 4.90 Å². The van der Waals surface area contributed by atoms with Crippen LogP contribution in [-0.4, -0.2) is 45.0 Å². The number of hydrogen-bond donors (Lipinski definition) is 0. The molecule has 0 amide bonds. The average molecular weight is 459 g/mol. The lowest BCUT2D eigenvalue weighted by Crippen LogP contribution is -2.34. The van der Waals surface area contributed by atoms with E-state index >= 15 is 0 Å². The summed E-state index contributed by atoms with van der Waals surface area (Å²) < 4.78 is 78.6. The highest BCUT2D eigenvalue weighted by Gasteiger charge is 2.35. The van der Waals surface area contributed by atoms with E-state index < -0.39 is 36.5 Å². The van der Waals surface area contributed by atoms with Gasteiger partial charge < -0.3 is 19.1 Å². The molecule has 174 valence electrons. The smallest absolute Gasteiger partial charge is 0.416 e. The number of carbonyl (C=O) groups excluding carboxylic acids is 1. The number of rotatable bonds is 7. The monoisotopic (exact) mass is 459 g/mol. The number of carbonyl (C=O) groups is 1. The SMILES string of the molecule is COC(=O)c1ccc(N2C[C@@H](Oc3ccc(C(F)(F)F)cc3)C[C@H]2COC(F)F)cc1C. The van der Waals surface area contributed by atoms with E-state index in [4.69, 9.17) is 9.47 Å². The van der Waals surface area contributed by atoms with Gasteiger partial charge in [-0.2, -0.15) is 22.0 Å². The number of ether oxygens (including phenoxy) is 3. The Morgan fingerprint density at radius 3 is 2.41 bits per heavy atom. The number of benzene rings is 2. The van der Waals surface area contributed by atoms with Crippen LogP contribution in [0.2, 0.25) is 0 Å². The molecule has 32 heavy (non-hydrogen) atoms. The summed E-state index contributed by atoms with van der Waals surface area (Å²) in [5, 5.41) is 0. The number of anilines is 1. The van der Waals surface area contributed by atoms with Crippen molar-refractivity contribution in [3.05, 3.63) is 59.2 Å². The first-order valence-corrected chi connectivity index (χ1v) is 9.77. The van der Waals surface area contributed by atoms with E-state index in [2.05, 4.69) is 4.74 Å². The third kappa shape index (κ3) is 5.67. The summed E-state index contributed by atoms with van der Waals surface area (Å²) in [4.78, 5) is 13.6. The molecule has 2 aromatic carbocycles. The van der Waals surface area contributed by atoms with Gasteiger partial charge in [0.15, 0.2) is 0 Å². The highest BCUT2D eigenvalue weighted by molar-refractivity contribution is 5.91. The molecule has 0 unspecified atom stereocenters. The van der Waals surface area contributed by atoms with Gasteiger partial charge in [0.2, 0.25) is 0 Å². The lowest BCUT2D eigenvalue weighted by Gasteiger charge is -2.27. The zero-order chi connectivity index (χ0) is 23.5. The highest BCUT2D eigenvalue weighted by Crippen LogP contribution is 2.33. The zero-order valence-corrected chi connectivity index (χ0v) is 17.4. The summed E-state index contributed by atoms with van der Waals surface area (Å²) in [6.45, 7) is -1.17. The third-order valence-corrected chi connectivity index (χ3v) is 5.22. The van der Waals surface area contributed by atoms with Crippen molar-refractivity contribution in [3.8, 4) is 5.75 Å². The quantitative estimate of drug-likeness (QED) is 0.428. The molecule has 0 aromatic heterocycles. The summed E-state index contributed by atoms with van der Waals surface area (Å²) in [7, 11) is 1.27. The van der Waals surface area contributed by atoms with Crippen LogP contribution in [0.1, 0.15) is 27.9 Å². The Kier molecular flexibility index (Phi) is 7.22. The Labute approximate surface area is 181 Å². The third-order valence-electron chi connectivity index (χ3n) is 5.22. The van der Waals surface area contributed by atoms with Gasteiger partial charge in [0.25, 0.3) is 0 Å². The number of nitrogens with zero attached hydrogens (tertiary/aromatic N) is 1. The number of methoxy groups -OCH3 is 1. The van der Waals surface area contributed by atoms with Gasteiger partial charge >= 0.3 is 18.8 Å². The summed E-state index contributed by atoms with van der Waals surface area (Å²) in [5.41, 5.74) is 0.919. The van der Waals surface area contributed by atoms with Gasteiger partial charge in [0, 0.05) is 12.1 Å². The summed E-state index contributed by atoms with van der Waals surface area (Å²) >= 11 is 0. The van der Waals surface area contributed by atoms with Crippen molar-refractivity contribution in [1.29, 1.82) is 0 Å². The minimum Gasteiger partial charge on any atom is -0.489 e. The van der Waals surface area contributed by atoms with Crippen LogP contribution >= 0.6 is 0 Å². The van der Waals surface area contributed by atoms with Gasteiger partial charge in [-0.1, -0.05) is 0 Å². The first kappa shape index (κ1) is 23.8. The average Bonchev–Trinajstić information content (AvgIpc) is 3.14. The van der Waals surface area contributed by atoms with E-state index in [1.165, 1.54) is 19.2 Å². The van der Waals surface area contributed by atoms with Gasteiger partial charge in [-0.15, -0.1) is 0 Å². The first-order chi connectivity index (χ1) is 15.1. The number of halogens is 5. The Balaban J connectivity index is 1.77. The van der Waals surface area contributed by atoms with Crippen LogP contribution in [0.5, 0.6) is 5.75 Å². The molecule has 0 N–H and O–H groups in total. The lowest BCUT2D eigenvalue weighted by molar-refractivity contribution is -0.137. The highest BCUT2D eigenvalue weighted by atomic mass is 19.4. The summed E-state index contributed by atoms with van der Waals surface area (Å²) in [6, 6.07) is 8.86. The second-order valence-electron chi connectivity index (χ2n) is 7.39. The van der Waals surface area contributed by atoms with Crippen LogP contribution < -0.4 is 9.64 Å². The molecular formula is C22H22F5NO4. The van der Waals surface area contributed by atoms with Crippen molar-refractivity contribution in [2.75, 3.05) is 25.2 Å². The molecule has 2 atom stereocenters. The molecule has 2 aromatic rings. The van der Waals surface area contributed by atoms with Crippen molar-refractivity contribution in [3.63, 3.8) is 0 Å². The normalized spacial score (nSPS) is 18.8. The molecule has 10 heteroatoms. The standard InChI is InChI=1S/C22H22F5NO4/c1-13-9-15(5-8-19(13)20(29)30-2)28-11-18(10-16(28)12-31-21(23)24)32-17-6-3-14(4-7-17)22(25,26)27/h3-9,16,18,21H,10-12H2,1-2H3/t16-,18-/m0/s1. The number of hydrogen-bond acceptors (Lipinski definition) is 5. The maximum atomic E-state index is 12.7. The fraction of sp³-hybridized carbons (Fsp3) is 0.409. The lowest BCUT2D eigenvalue weighted by atomic mass is 10.1. The van der Waals surface area contributed by atoms with Gasteiger partial charge in [-0.3, -0.25) is 0 Å². The van der Waals surface area contributed by atoms with Gasteiger partial charge in [0.1, 0.15) is 11.9 Å². The maximum Gasteiger partial charge on any atom is 0.416 e. The molecule has 5 nitrogen and oxygen atoms in total. The second-order valence-corrected chi connectivity index (χ2v) is 7.39. The van der Waals surface area contributed by atoms with Gasteiger partial charge in [-0.25, -0.2) is 4.79 Å². The van der Waals surface area contributed by atoms with Crippen LogP contribution in [0.4, 0.5) is 27.6 Å². The summed E-state index contributed by atoms with van der Waals surface area (Å²) in [6.07, 6.45) is -4.58. The molecular weight excluding hydrogens is 437 g/mol. The fourth-order valence-corrected chi connectivity index (χ4v) is 3.70. The first-order valence-electron chi connectivity index (χ1n) is 9.77. The van der Waals surface area contributed by atoms with Gasteiger partial charge in [-0.05, 0) is 55.0 Å². The Hall–Kier alpha value is -2.88. The predicted octanol–water partition coefficient (Wildman–Crippen LogP) is 5.07. The molecule has 0 bridgehead atoms. The molecule has 1 saturated heterocycles. The van der Waals surface area contributed by atoms with Crippen molar-refractivity contribution >= 4 is 11.7 Å². The van der Waals surface area contributed by atoms with Crippen LogP contribution in [-0.2, 0) is 15.7 Å². The van der Waals surface area contributed by atoms with E-state index in [0.29, 0.717) is 29.8 Å². The van der Waals surface area contributed by atoms with Crippen LogP contribution in [0.15, 0.2) is 42.5 Å². The van der Waals surface area contributed by atoms with E-state index in [-0.39, 0.29) is 12.4 Å². The van der Waals surface area contributed by atoms with Crippen molar-refractivity contribution < 1.29 is 41.0 Å². The van der Waals surface area contributed by atoms with E-state index in [0.717, 1.165) is 12.1 Å². The minimum atomic E-state index is -4.45. The van der Waals surface area contributed by atoms with Gasteiger partial charge in [0.05, 0.1) is 37.4 Å². The van der Waals surface area contributed by atoms with Crippen LogP contribution in [0, 0.1) is 6.92 Å². The molecule has 1 aliphatic heterocycles. The molecule has 1 fully saturated rings. The molecule has 0 spiro atoms. The second kappa shape index (κ2) is 9.72. The topological polar surface area (TPSA) is 48.0 Å². The predicted molar refractivity (Wildman–Crippen MR) is 106 cm³/mol. The van der Waals surface area contributed by atoms with E-state index in [1.54, 1.807) is 25.1 Å². The molecule has 1 heterocycles. The Morgan fingerprint density at radius 1 is 1.16 bits per heavy atom. The fourth-order valence-electron chi connectivity index (χ4n) is 3.70. The van der Waals surface area contributed by atoms with Crippen LogP contribution in [0.3, 0.4) is 0 Å². The molecule has 3 rings (SSSR count). The Bertz CT molecular complexity index is 933. The number of alkyl halides is 5. The minimum absolute atomic E-state index is 0.246. The Morgan fingerprint density at radius 2 is 1.84 bits per heavy atom. The largest absolute Gasteiger partial charge is 0.489 e. The maximum absolute atomic E-state index is 12.7. The number of aryl methyl sites for hydroxylation is 1. The van der Waals surface area contributed by atoms with Crippen molar-refractivity contribution in [2.45, 2.75) is 38.3 Å². The van der Waals surface area contributed by atoms with Crippen molar-refractivity contribution in [1.82, 2.24) is 0 Å². The van der Waals surface area contributed by atoms with E-state index in [9.17, 15) is 26.7 Å².